The Kier molecular flexibility index (Phi) is 4.71. The van der Waals surface area contributed by atoms with Crippen molar-refractivity contribution in [1.29, 1.82) is 0 Å². The van der Waals surface area contributed by atoms with Crippen LogP contribution >= 0.6 is 11.8 Å². The Bertz CT molecular complexity index is 858. The SMILES string of the molecule is O=C(O)NC1NC2(OS(=O)(=O)C(F)(F)F)c3ccccc3C=CC2CS1. The van der Waals surface area contributed by atoms with Crippen LogP contribution in [0.15, 0.2) is 30.3 Å². The fourth-order valence-electron chi connectivity index (χ4n) is 2.87. The molecule has 0 saturated carbocycles. The largest absolute Gasteiger partial charge is 0.523 e. The van der Waals surface area contributed by atoms with Gasteiger partial charge in [-0.3, -0.25) is 10.6 Å². The van der Waals surface area contributed by atoms with Gasteiger partial charge in [-0.25, -0.2) is 8.98 Å². The molecule has 1 saturated heterocycles. The second kappa shape index (κ2) is 6.44. The molecule has 26 heavy (non-hydrogen) atoms. The monoisotopic (exact) mass is 410 g/mol. The molecular formula is C14H13F3N2O5S2. The zero-order valence-corrected chi connectivity index (χ0v) is 14.5. The Morgan fingerprint density at radius 1 is 1.38 bits per heavy atom. The van der Waals surface area contributed by atoms with Gasteiger partial charge in [-0.05, 0) is 5.56 Å². The first-order valence-electron chi connectivity index (χ1n) is 7.23. The molecule has 12 heteroatoms. The van der Waals surface area contributed by atoms with Crippen molar-refractivity contribution < 1.29 is 35.7 Å². The summed E-state index contributed by atoms with van der Waals surface area (Å²) >= 11 is 1.07. The lowest BCUT2D eigenvalue weighted by Crippen LogP contribution is -2.63. The molecule has 0 aromatic heterocycles. The molecule has 0 spiro atoms. The quantitative estimate of drug-likeness (QED) is 0.519. The summed E-state index contributed by atoms with van der Waals surface area (Å²) in [6.45, 7) is 0. The van der Waals surface area contributed by atoms with E-state index in [1.165, 1.54) is 12.1 Å². The van der Waals surface area contributed by atoms with Gasteiger partial charge in [0.25, 0.3) is 0 Å². The zero-order valence-electron chi connectivity index (χ0n) is 12.9. The maximum absolute atomic E-state index is 13.0. The molecule has 1 aliphatic heterocycles. The fourth-order valence-corrected chi connectivity index (χ4v) is 4.76. The van der Waals surface area contributed by atoms with Crippen LogP contribution in [0.3, 0.4) is 0 Å². The van der Waals surface area contributed by atoms with E-state index in [1.54, 1.807) is 24.3 Å². The molecule has 1 amide bonds. The number of hydrogen-bond acceptors (Lipinski definition) is 6. The number of amides is 1. The van der Waals surface area contributed by atoms with Crippen LogP contribution in [0.1, 0.15) is 11.1 Å². The third-order valence-corrected chi connectivity index (χ3v) is 6.13. The van der Waals surface area contributed by atoms with E-state index in [2.05, 4.69) is 10.6 Å². The number of nitrogens with one attached hydrogen (secondary N) is 2. The van der Waals surface area contributed by atoms with E-state index < -0.39 is 38.9 Å². The number of hydrogen-bond donors (Lipinski definition) is 3. The summed E-state index contributed by atoms with van der Waals surface area (Å²) in [5.41, 5.74) is -8.12. The molecule has 3 N–H and O–H groups in total. The van der Waals surface area contributed by atoms with Gasteiger partial charge in [0.05, 0.1) is 0 Å². The van der Waals surface area contributed by atoms with Crippen molar-refractivity contribution in [3.63, 3.8) is 0 Å². The van der Waals surface area contributed by atoms with E-state index in [-0.39, 0.29) is 11.3 Å². The fraction of sp³-hybridized carbons (Fsp3) is 0.357. The van der Waals surface area contributed by atoms with Gasteiger partial charge < -0.3 is 5.11 Å². The predicted octanol–water partition coefficient (Wildman–Crippen LogP) is 2.24. The summed E-state index contributed by atoms with van der Waals surface area (Å²) < 4.78 is 67.1. The van der Waals surface area contributed by atoms with Crippen molar-refractivity contribution in [2.75, 3.05) is 5.75 Å². The topological polar surface area (TPSA) is 105 Å². The van der Waals surface area contributed by atoms with Crippen molar-refractivity contribution in [3.8, 4) is 0 Å². The van der Waals surface area contributed by atoms with Gasteiger partial charge in [0, 0.05) is 17.2 Å². The molecule has 2 aliphatic rings. The highest BCUT2D eigenvalue weighted by Gasteiger charge is 2.57. The third-order valence-electron chi connectivity index (χ3n) is 3.96. The standard InChI is InChI=1S/C14H13F3N2O5S2/c15-14(16,17)26(22,23)24-13-9(7-25-11(19-13)18-12(20)21)6-5-8-3-1-2-4-10(8)13/h1-6,9,11,18-19H,7H2,(H,20,21). The average Bonchev–Trinajstić information content (AvgIpc) is 2.52. The van der Waals surface area contributed by atoms with Gasteiger partial charge in [-0.1, -0.05) is 36.4 Å². The average molecular weight is 410 g/mol. The van der Waals surface area contributed by atoms with Crippen molar-refractivity contribution in [3.05, 3.63) is 41.5 Å². The van der Waals surface area contributed by atoms with Gasteiger partial charge >= 0.3 is 21.7 Å². The summed E-state index contributed by atoms with van der Waals surface area (Å²) in [6.07, 6.45) is 1.79. The van der Waals surface area contributed by atoms with Crippen molar-refractivity contribution in [1.82, 2.24) is 10.6 Å². The van der Waals surface area contributed by atoms with E-state index >= 15 is 0 Å². The Balaban J connectivity index is 2.11. The van der Waals surface area contributed by atoms with Crippen LogP contribution in [0.5, 0.6) is 0 Å². The van der Waals surface area contributed by atoms with Gasteiger partial charge in [0.1, 0.15) is 5.50 Å². The summed E-state index contributed by atoms with van der Waals surface area (Å²) in [6, 6.07) is 6.21. The molecule has 1 aliphatic carbocycles. The minimum Gasteiger partial charge on any atom is -0.465 e. The minimum atomic E-state index is -5.95. The van der Waals surface area contributed by atoms with Gasteiger partial charge in [0.2, 0.25) is 0 Å². The van der Waals surface area contributed by atoms with Crippen LogP contribution < -0.4 is 10.6 Å². The highest BCUT2D eigenvalue weighted by molar-refractivity contribution is 7.99. The molecular weight excluding hydrogens is 397 g/mol. The van der Waals surface area contributed by atoms with Crippen LogP contribution in [-0.2, 0) is 20.0 Å². The summed E-state index contributed by atoms with van der Waals surface area (Å²) in [5, 5.41) is 13.6. The molecule has 3 atom stereocenters. The van der Waals surface area contributed by atoms with Crippen molar-refractivity contribution in [2.45, 2.75) is 16.7 Å². The van der Waals surface area contributed by atoms with E-state index in [1.807, 2.05) is 0 Å². The molecule has 3 unspecified atom stereocenters. The highest BCUT2D eigenvalue weighted by atomic mass is 32.2. The normalized spacial score (nSPS) is 28.1. The molecule has 7 nitrogen and oxygen atoms in total. The maximum atomic E-state index is 13.0. The second-order valence-electron chi connectivity index (χ2n) is 5.58. The first kappa shape index (κ1) is 19.0. The smallest absolute Gasteiger partial charge is 0.465 e. The summed E-state index contributed by atoms with van der Waals surface area (Å²) in [5.74, 6) is -0.637. The van der Waals surface area contributed by atoms with Crippen LogP contribution in [0.4, 0.5) is 18.0 Å². The number of carboxylic acid groups (broad SMARTS) is 1. The van der Waals surface area contributed by atoms with Crippen LogP contribution in [0.2, 0.25) is 0 Å². The van der Waals surface area contributed by atoms with E-state index in [0.717, 1.165) is 11.8 Å². The Labute approximate surface area is 150 Å². The first-order valence-corrected chi connectivity index (χ1v) is 9.69. The molecule has 1 fully saturated rings. The van der Waals surface area contributed by atoms with Crippen molar-refractivity contribution in [2.24, 2.45) is 5.92 Å². The van der Waals surface area contributed by atoms with Gasteiger partial charge in [-0.2, -0.15) is 21.6 Å². The number of thioether (sulfide) groups is 1. The lowest BCUT2D eigenvalue weighted by Gasteiger charge is -2.47. The summed E-state index contributed by atoms with van der Waals surface area (Å²) in [7, 11) is -5.95. The van der Waals surface area contributed by atoms with Crippen LogP contribution in [0, 0.1) is 5.92 Å². The Hall–Kier alpha value is -1.76. The summed E-state index contributed by atoms with van der Waals surface area (Å²) in [4.78, 5) is 10.9. The number of fused-ring (bicyclic) bond motifs is 3. The van der Waals surface area contributed by atoms with Crippen LogP contribution in [-0.4, -0.2) is 36.4 Å². The number of halogens is 3. The molecule has 0 radical (unpaired) electrons. The first-order chi connectivity index (χ1) is 12.1. The minimum absolute atomic E-state index is 0.135. The lowest BCUT2D eigenvalue weighted by atomic mass is 9.82. The molecule has 1 aromatic carbocycles. The third kappa shape index (κ3) is 3.29. The van der Waals surface area contributed by atoms with Crippen molar-refractivity contribution >= 4 is 34.0 Å². The molecule has 1 heterocycles. The zero-order chi connectivity index (χ0) is 19.2. The number of rotatable bonds is 3. The lowest BCUT2D eigenvalue weighted by molar-refractivity contribution is -0.0807. The molecule has 142 valence electrons. The molecule has 0 bridgehead atoms. The Morgan fingerprint density at radius 2 is 2.08 bits per heavy atom. The van der Waals surface area contributed by atoms with Gasteiger partial charge in [-0.15, -0.1) is 11.8 Å². The number of benzene rings is 1. The van der Waals surface area contributed by atoms with E-state index in [0.29, 0.717) is 5.56 Å². The number of alkyl halides is 3. The van der Waals surface area contributed by atoms with Gasteiger partial charge in [0.15, 0.2) is 5.72 Å². The number of carbonyl (C=O) groups is 1. The van der Waals surface area contributed by atoms with Crippen LogP contribution in [0.25, 0.3) is 6.08 Å². The second-order valence-corrected chi connectivity index (χ2v) is 8.25. The molecule has 3 rings (SSSR count). The predicted molar refractivity (Wildman–Crippen MR) is 87.2 cm³/mol. The highest BCUT2D eigenvalue weighted by Crippen LogP contribution is 2.46. The maximum Gasteiger partial charge on any atom is 0.523 e. The molecule has 1 aromatic rings. The Morgan fingerprint density at radius 3 is 2.73 bits per heavy atom. The van der Waals surface area contributed by atoms with E-state index in [9.17, 15) is 26.4 Å². The van der Waals surface area contributed by atoms with E-state index in [4.69, 9.17) is 9.29 Å².